The van der Waals surface area contributed by atoms with Gasteiger partial charge >= 0.3 is 0 Å². The zero-order chi connectivity index (χ0) is 25.5. The number of carbonyl (C=O) groups is 1. The molecule has 0 unspecified atom stereocenters. The number of fused-ring (bicyclic) bond motifs is 2. The fourth-order valence-corrected chi connectivity index (χ4v) is 4.12. The highest BCUT2D eigenvalue weighted by atomic mass is 19.1. The highest BCUT2D eigenvalue weighted by molar-refractivity contribution is 5.97. The zero-order valence-electron chi connectivity index (χ0n) is 20.0. The first-order chi connectivity index (χ1) is 18.0. The highest BCUT2D eigenvalue weighted by Gasteiger charge is 2.18. The minimum Gasteiger partial charge on any atom is -0.335 e. The number of halogens is 1. The topological polar surface area (TPSA) is 125 Å². The van der Waals surface area contributed by atoms with Crippen molar-refractivity contribution in [2.45, 2.75) is 13.8 Å². The van der Waals surface area contributed by atoms with Crippen LogP contribution in [-0.2, 0) is 4.79 Å². The van der Waals surface area contributed by atoms with Gasteiger partial charge < -0.3 is 10.3 Å². The fourth-order valence-electron chi connectivity index (χ4n) is 4.12. The van der Waals surface area contributed by atoms with Crippen LogP contribution in [0.25, 0.3) is 56.0 Å². The van der Waals surface area contributed by atoms with Crippen LogP contribution in [0.5, 0.6) is 0 Å². The molecule has 3 N–H and O–H groups in total. The Labute approximate surface area is 210 Å². The van der Waals surface area contributed by atoms with Crippen molar-refractivity contribution < 1.29 is 9.18 Å². The third-order valence-corrected chi connectivity index (χ3v) is 6.05. The molecule has 1 aromatic carbocycles. The predicted molar refractivity (Wildman–Crippen MR) is 139 cm³/mol. The number of benzene rings is 1. The lowest BCUT2D eigenvalue weighted by atomic mass is 10.1. The van der Waals surface area contributed by atoms with Crippen LogP contribution in [0.1, 0.15) is 13.8 Å². The van der Waals surface area contributed by atoms with E-state index in [0.717, 1.165) is 16.5 Å². The lowest BCUT2D eigenvalue weighted by Gasteiger charge is -2.08. The molecule has 0 bridgehead atoms. The molecule has 0 atom stereocenters. The molecule has 0 spiro atoms. The number of nitrogens with one attached hydrogen (secondary N) is 3. The predicted octanol–water partition coefficient (Wildman–Crippen LogP) is 5.36. The number of pyridine rings is 3. The van der Waals surface area contributed by atoms with E-state index in [2.05, 4.69) is 40.4 Å². The molecule has 0 aliphatic heterocycles. The van der Waals surface area contributed by atoms with E-state index in [0.29, 0.717) is 45.2 Å². The Kier molecular flexibility index (Phi) is 5.41. The van der Waals surface area contributed by atoms with Gasteiger partial charge in [-0.1, -0.05) is 32.0 Å². The minimum atomic E-state index is -0.326. The molecule has 10 heteroatoms. The molecule has 37 heavy (non-hydrogen) atoms. The monoisotopic (exact) mass is 492 g/mol. The van der Waals surface area contributed by atoms with Crippen molar-refractivity contribution in [1.29, 1.82) is 0 Å². The van der Waals surface area contributed by atoms with Crippen LogP contribution in [0.2, 0.25) is 0 Å². The van der Waals surface area contributed by atoms with Crippen molar-refractivity contribution in [3.63, 3.8) is 0 Å². The molecular formula is C27H21FN8O. The Balaban J connectivity index is 1.42. The standard InChI is InChI=1S/C27H21FN8O/c1-14(2)27(37)32-16-9-15(11-29-12-16)21-10-19-22(13-31-21)35-36-24(19)26-33-23-18(7-8-30-25(23)34-26)17-5-3-4-6-20(17)28/h3-14H,1-2H3,(H,32,37)(H,35,36)(H,30,33,34). The van der Waals surface area contributed by atoms with Crippen molar-refractivity contribution in [2.24, 2.45) is 5.92 Å². The van der Waals surface area contributed by atoms with Gasteiger partial charge in [0.2, 0.25) is 5.91 Å². The smallest absolute Gasteiger partial charge is 0.226 e. The quantitative estimate of drug-likeness (QED) is 0.298. The van der Waals surface area contributed by atoms with E-state index in [1.54, 1.807) is 49.1 Å². The van der Waals surface area contributed by atoms with Gasteiger partial charge in [0.25, 0.3) is 0 Å². The number of aromatic amines is 2. The summed E-state index contributed by atoms with van der Waals surface area (Å²) in [5.74, 6) is -0.0742. The summed E-state index contributed by atoms with van der Waals surface area (Å²) in [5, 5.41) is 11.1. The van der Waals surface area contributed by atoms with Gasteiger partial charge in [-0.05, 0) is 24.3 Å². The van der Waals surface area contributed by atoms with Gasteiger partial charge in [-0.3, -0.25) is 19.9 Å². The SMILES string of the molecule is CC(C)C(=O)Nc1cncc(-c2cc3c(-c4nc5nccc(-c6ccccc6F)c5[nH]4)n[nH]c3cn2)c1. The summed E-state index contributed by atoms with van der Waals surface area (Å²) in [6.07, 6.45) is 6.58. The Morgan fingerprint density at radius 2 is 1.89 bits per heavy atom. The second-order valence-corrected chi connectivity index (χ2v) is 8.92. The normalized spacial score (nSPS) is 11.5. The number of rotatable bonds is 5. The molecule has 0 saturated heterocycles. The molecular weight excluding hydrogens is 471 g/mol. The Bertz CT molecular complexity index is 1790. The van der Waals surface area contributed by atoms with E-state index in [9.17, 15) is 9.18 Å². The van der Waals surface area contributed by atoms with Crippen molar-refractivity contribution in [1.82, 2.24) is 35.1 Å². The summed E-state index contributed by atoms with van der Waals surface area (Å²) in [6, 6.07) is 12.1. The van der Waals surface area contributed by atoms with E-state index >= 15 is 0 Å². The van der Waals surface area contributed by atoms with Crippen LogP contribution >= 0.6 is 0 Å². The van der Waals surface area contributed by atoms with Gasteiger partial charge in [0.05, 0.1) is 34.8 Å². The summed E-state index contributed by atoms with van der Waals surface area (Å²) < 4.78 is 14.5. The van der Waals surface area contributed by atoms with Crippen molar-refractivity contribution >= 4 is 33.7 Å². The second kappa shape index (κ2) is 8.90. The molecule has 182 valence electrons. The third-order valence-electron chi connectivity index (χ3n) is 6.05. The number of carbonyl (C=O) groups excluding carboxylic acids is 1. The van der Waals surface area contributed by atoms with Crippen molar-refractivity contribution in [3.05, 3.63) is 73.1 Å². The van der Waals surface area contributed by atoms with Crippen molar-refractivity contribution in [3.8, 4) is 33.9 Å². The van der Waals surface area contributed by atoms with E-state index in [-0.39, 0.29) is 17.6 Å². The number of hydrogen-bond acceptors (Lipinski definition) is 6. The molecule has 0 fully saturated rings. The number of hydrogen-bond donors (Lipinski definition) is 3. The Morgan fingerprint density at radius 1 is 1.03 bits per heavy atom. The molecule has 0 saturated carbocycles. The van der Waals surface area contributed by atoms with Crippen LogP contribution in [0.4, 0.5) is 10.1 Å². The lowest BCUT2D eigenvalue weighted by molar-refractivity contribution is -0.118. The number of imidazole rings is 1. The van der Waals surface area contributed by atoms with E-state index in [1.807, 2.05) is 26.0 Å². The zero-order valence-corrected chi connectivity index (χ0v) is 20.0. The number of H-pyrrole nitrogens is 2. The number of aromatic nitrogens is 7. The first-order valence-electron chi connectivity index (χ1n) is 11.7. The highest BCUT2D eigenvalue weighted by Crippen LogP contribution is 2.32. The first-order valence-corrected chi connectivity index (χ1v) is 11.7. The second-order valence-electron chi connectivity index (χ2n) is 8.92. The summed E-state index contributed by atoms with van der Waals surface area (Å²) in [4.78, 5) is 33.2. The molecule has 0 radical (unpaired) electrons. The molecule has 6 rings (SSSR count). The van der Waals surface area contributed by atoms with Gasteiger partial charge in [-0.15, -0.1) is 0 Å². The maximum Gasteiger partial charge on any atom is 0.226 e. The lowest BCUT2D eigenvalue weighted by Crippen LogP contribution is -2.17. The first kappa shape index (κ1) is 22.5. The number of nitrogens with zero attached hydrogens (tertiary/aromatic N) is 5. The third kappa shape index (κ3) is 4.08. The minimum absolute atomic E-state index is 0.0901. The van der Waals surface area contributed by atoms with Gasteiger partial charge in [0.1, 0.15) is 11.5 Å². The van der Waals surface area contributed by atoms with Gasteiger partial charge in [0, 0.05) is 40.4 Å². The summed E-state index contributed by atoms with van der Waals surface area (Å²) in [6.45, 7) is 3.66. The molecule has 0 aliphatic carbocycles. The van der Waals surface area contributed by atoms with Crippen LogP contribution in [0.3, 0.4) is 0 Å². The summed E-state index contributed by atoms with van der Waals surface area (Å²) in [7, 11) is 0. The Morgan fingerprint density at radius 3 is 2.73 bits per heavy atom. The van der Waals surface area contributed by atoms with Crippen LogP contribution in [-0.4, -0.2) is 41.0 Å². The van der Waals surface area contributed by atoms with Crippen LogP contribution in [0, 0.1) is 11.7 Å². The summed E-state index contributed by atoms with van der Waals surface area (Å²) >= 11 is 0. The number of amides is 1. The van der Waals surface area contributed by atoms with Crippen LogP contribution in [0.15, 0.2) is 67.3 Å². The van der Waals surface area contributed by atoms with E-state index in [4.69, 9.17) is 0 Å². The van der Waals surface area contributed by atoms with Gasteiger partial charge in [0.15, 0.2) is 11.5 Å². The molecule has 0 aliphatic rings. The van der Waals surface area contributed by atoms with Crippen LogP contribution < -0.4 is 5.32 Å². The van der Waals surface area contributed by atoms with Gasteiger partial charge in [-0.2, -0.15) is 5.10 Å². The number of anilines is 1. The summed E-state index contributed by atoms with van der Waals surface area (Å²) in [5.41, 5.74) is 5.48. The van der Waals surface area contributed by atoms with Gasteiger partial charge in [-0.25, -0.2) is 14.4 Å². The van der Waals surface area contributed by atoms with E-state index < -0.39 is 0 Å². The maximum absolute atomic E-state index is 14.5. The van der Waals surface area contributed by atoms with Crippen molar-refractivity contribution in [2.75, 3.05) is 5.32 Å². The largest absolute Gasteiger partial charge is 0.335 e. The molecule has 9 nitrogen and oxygen atoms in total. The van der Waals surface area contributed by atoms with E-state index in [1.165, 1.54) is 6.07 Å². The average Bonchev–Trinajstić information content (AvgIpc) is 3.53. The molecule has 5 aromatic heterocycles. The fraction of sp³-hybridized carbons (Fsp3) is 0.111. The molecule has 1 amide bonds. The molecule has 6 aromatic rings. The average molecular weight is 493 g/mol. The molecule has 5 heterocycles. The maximum atomic E-state index is 14.5. The Hall–Kier alpha value is -4.99.